The minimum atomic E-state index is -0.533. The Kier molecular flexibility index (Phi) is 5.14. The van der Waals surface area contributed by atoms with E-state index in [1.807, 2.05) is 33.3 Å². The molecule has 18 heavy (non-hydrogen) atoms. The maximum absolute atomic E-state index is 9.77. The molecule has 0 aliphatic carbocycles. The molecule has 0 heterocycles. The van der Waals surface area contributed by atoms with Crippen molar-refractivity contribution >= 4 is 5.69 Å². The third-order valence-corrected chi connectivity index (χ3v) is 2.90. The second-order valence-corrected chi connectivity index (χ2v) is 4.79. The maximum Gasteiger partial charge on any atom is 0.0992 e. The van der Waals surface area contributed by atoms with E-state index in [0.29, 0.717) is 5.56 Å². The summed E-state index contributed by atoms with van der Waals surface area (Å²) in [4.78, 5) is 4.18. The highest BCUT2D eigenvalue weighted by Crippen LogP contribution is 2.26. The molecule has 1 rings (SSSR count). The lowest BCUT2D eigenvalue weighted by atomic mass is 10.0. The summed E-state index contributed by atoms with van der Waals surface area (Å²) in [5.74, 6) is 0. The minimum absolute atomic E-state index is 0.533. The van der Waals surface area contributed by atoms with Crippen LogP contribution in [0.5, 0.6) is 0 Å². The molecule has 1 atom stereocenters. The van der Waals surface area contributed by atoms with E-state index in [0.717, 1.165) is 24.3 Å². The summed E-state index contributed by atoms with van der Waals surface area (Å²) >= 11 is 0. The van der Waals surface area contributed by atoms with Gasteiger partial charge >= 0.3 is 0 Å². The first-order valence-corrected chi connectivity index (χ1v) is 6.03. The van der Waals surface area contributed by atoms with Gasteiger partial charge in [-0.3, -0.25) is 0 Å². The summed E-state index contributed by atoms with van der Waals surface area (Å²) < 4.78 is 0. The van der Waals surface area contributed by atoms with Gasteiger partial charge in [-0.2, -0.15) is 5.26 Å². The van der Waals surface area contributed by atoms with Crippen molar-refractivity contribution in [3.63, 3.8) is 0 Å². The van der Waals surface area contributed by atoms with Crippen molar-refractivity contribution in [3.05, 3.63) is 29.3 Å². The number of nitriles is 1. The van der Waals surface area contributed by atoms with E-state index in [9.17, 15) is 5.11 Å². The van der Waals surface area contributed by atoms with Crippen molar-refractivity contribution in [1.82, 2.24) is 4.90 Å². The van der Waals surface area contributed by atoms with Crippen LogP contribution in [0, 0.1) is 11.3 Å². The van der Waals surface area contributed by atoms with E-state index in [1.165, 1.54) is 0 Å². The Labute approximate surface area is 109 Å². The molecule has 0 aliphatic heterocycles. The van der Waals surface area contributed by atoms with Crippen molar-refractivity contribution in [2.24, 2.45) is 0 Å². The van der Waals surface area contributed by atoms with Gasteiger partial charge in [0.2, 0.25) is 0 Å². The first-order chi connectivity index (χ1) is 8.45. The highest BCUT2D eigenvalue weighted by molar-refractivity contribution is 5.58. The summed E-state index contributed by atoms with van der Waals surface area (Å²) in [5.41, 5.74) is 2.40. The maximum atomic E-state index is 9.77. The molecule has 4 nitrogen and oxygen atoms in total. The number of hydrogen-bond donors (Lipinski definition) is 1. The number of hydrogen-bond acceptors (Lipinski definition) is 4. The quantitative estimate of drug-likeness (QED) is 0.859. The van der Waals surface area contributed by atoms with E-state index in [-0.39, 0.29) is 0 Å². The molecule has 0 aliphatic rings. The summed E-state index contributed by atoms with van der Waals surface area (Å²) in [6.07, 6.45) is -0.533. The van der Waals surface area contributed by atoms with E-state index in [1.54, 1.807) is 13.0 Å². The number of aliphatic hydroxyl groups excluding tert-OH is 1. The molecular weight excluding hydrogens is 226 g/mol. The molecule has 0 radical (unpaired) electrons. The summed E-state index contributed by atoms with van der Waals surface area (Å²) in [6, 6.07) is 7.53. The van der Waals surface area contributed by atoms with Gasteiger partial charge in [-0.15, -0.1) is 0 Å². The van der Waals surface area contributed by atoms with E-state index < -0.39 is 6.10 Å². The molecule has 0 unspecified atom stereocenters. The monoisotopic (exact) mass is 247 g/mol. The third kappa shape index (κ3) is 3.73. The summed E-state index contributed by atoms with van der Waals surface area (Å²) in [7, 11) is 6.02. The fraction of sp³-hybridized carbons (Fsp3) is 0.500. The van der Waals surface area contributed by atoms with Crippen LogP contribution < -0.4 is 4.90 Å². The van der Waals surface area contributed by atoms with Crippen LogP contribution >= 0.6 is 0 Å². The fourth-order valence-corrected chi connectivity index (χ4v) is 1.77. The Hall–Kier alpha value is -1.57. The van der Waals surface area contributed by atoms with Crippen molar-refractivity contribution in [3.8, 4) is 6.07 Å². The molecule has 98 valence electrons. The second kappa shape index (κ2) is 6.39. The van der Waals surface area contributed by atoms with Crippen LogP contribution in [0.3, 0.4) is 0 Å². The zero-order valence-electron chi connectivity index (χ0n) is 11.5. The van der Waals surface area contributed by atoms with Gasteiger partial charge in [0.05, 0.1) is 17.7 Å². The van der Waals surface area contributed by atoms with Crippen LogP contribution in [0.2, 0.25) is 0 Å². The number of nitrogens with zero attached hydrogens (tertiary/aromatic N) is 3. The van der Waals surface area contributed by atoms with Gasteiger partial charge in [0.25, 0.3) is 0 Å². The highest BCUT2D eigenvalue weighted by Gasteiger charge is 2.12. The van der Waals surface area contributed by atoms with Gasteiger partial charge in [-0.1, -0.05) is 6.07 Å². The van der Waals surface area contributed by atoms with Crippen LogP contribution in [0.25, 0.3) is 0 Å². The molecule has 0 saturated carbocycles. The largest absolute Gasteiger partial charge is 0.389 e. The van der Waals surface area contributed by atoms with Gasteiger partial charge in [-0.05, 0) is 33.2 Å². The van der Waals surface area contributed by atoms with Crippen molar-refractivity contribution in [2.45, 2.75) is 13.0 Å². The van der Waals surface area contributed by atoms with E-state index in [2.05, 4.69) is 15.9 Å². The normalized spacial score (nSPS) is 12.3. The van der Waals surface area contributed by atoms with Crippen LogP contribution in [0.4, 0.5) is 5.69 Å². The molecule has 0 fully saturated rings. The predicted octanol–water partition coefficient (Wildman–Crippen LogP) is 1.61. The van der Waals surface area contributed by atoms with Gasteiger partial charge in [0.15, 0.2) is 0 Å². The van der Waals surface area contributed by atoms with Gasteiger partial charge in [0.1, 0.15) is 0 Å². The SMILES string of the molecule is C[C@H](O)c1ccc(C#N)cc1N(C)CCN(C)C. The highest BCUT2D eigenvalue weighted by atomic mass is 16.3. The molecule has 0 bridgehead atoms. The summed E-state index contributed by atoms with van der Waals surface area (Å²) in [5, 5.41) is 18.7. The van der Waals surface area contributed by atoms with Crippen molar-refractivity contribution in [2.75, 3.05) is 39.1 Å². The molecule has 0 saturated heterocycles. The number of aliphatic hydroxyl groups is 1. The topological polar surface area (TPSA) is 50.5 Å². The molecule has 0 aromatic heterocycles. The zero-order chi connectivity index (χ0) is 13.7. The van der Waals surface area contributed by atoms with Crippen molar-refractivity contribution in [1.29, 1.82) is 5.26 Å². The predicted molar refractivity (Wildman–Crippen MR) is 73.6 cm³/mol. The first kappa shape index (κ1) is 14.5. The molecule has 0 amide bonds. The third-order valence-electron chi connectivity index (χ3n) is 2.90. The number of anilines is 1. The van der Waals surface area contributed by atoms with Crippen molar-refractivity contribution < 1.29 is 5.11 Å². The zero-order valence-corrected chi connectivity index (χ0v) is 11.5. The van der Waals surface area contributed by atoms with Gasteiger partial charge in [0, 0.05) is 31.4 Å². The minimum Gasteiger partial charge on any atom is -0.389 e. The van der Waals surface area contributed by atoms with Gasteiger partial charge in [-0.25, -0.2) is 0 Å². The van der Waals surface area contributed by atoms with Crippen LogP contribution in [-0.4, -0.2) is 44.2 Å². The average molecular weight is 247 g/mol. The Bertz CT molecular complexity index is 435. The summed E-state index contributed by atoms with van der Waals surface area (Å²) in [6.45, 7) is 3.51. The standard InChI is InChI=1S/C14H21N3O/c1-11(18)13-6-5-12(10-15)9-14(13)17(4)8-7-16(2)3/h5-6,9,11,18H,7-8H2,1-4H3/t11-/m0/s1. The molecular formula is C14H21N3O. The van der Waals surface area contributed by atoms with Gasteiger partial charge < -0.3 is 14.9 Å². The lowest BCUT2D eigenvalue weighted by molar-refractivity contribution is 0.199. The number of likely N-dealkylation sites (N-methyl/N-ethyl adjacent to an activating group) is 2. The fourth-order valence-electron chi connectivity index (χ4n) is 1.77. The lowest BCUT2D eigenvalue weighted by Gasteiger charge is -2.25. The number of benzene rings is 1. The van der Waals surface area contributed by atoms with E-state index >= 15 is 0 Å². The number of rotatable bonds is 5. The molecule has 4 heteroatoms. The first-order valence-electron chi connectivity index (χ1n) is 6.03. The Morgan fingerprint density at radius 1 is 1.28 bits per heavy atom. The molecule has 0 spiro atoms. The second-order valence-electron chi connectivity index (χ2n) is 4.79. The molecule has 1 aromatic carbocycles. The Balaban J connectivity index is 3.00. The van der Waals surface area contributed by atoms with E-state index in [4.69, 9.17) is 5.26 Å². The molecule has 1 N–H and O–H groups in total. The lowest BCUT2D eigenvalue weighted by Crippen LogP contribution is -2.29. The smallest absolute Gasteiger partial charge is 0.0992 e. The molecule has 1 aromatic rings. The Morgan fingerprint density at radius 3 is 2.44 bits per heavy atom. The Morgan fingerprint density at radius 2 is 1.94 bits per heavy atom. The average Bonchev–Trinajstić information content (AvgIpc) is 2.34. The van der Waals surface area contributed by atoms with Crippen LogP contribution in [0.1, 0.15) is 24.2 Å². The van der Waals surface area contributed by atoms with Crippen LogP contribution in [0.15, 0.2) is 18.2 Å². The van der Waals surface area contributed by atoms with Crippen LogP contribution in [-0.2, 0) is 0 Å².